The van der Waals surface area contributed by atoms with Gasteiger partial charge in [-0.25, -0.2) is 9.67 Å². The minimum absolute atomic E-state index is 0.0348. The number of thiazole rings is 1. The average Bonchev–Trinajstić information content (AvgIpc) is 3.59. The fourth-order valence-electron chi connectivity index (χ4n) is 4.98. The lowest BCUT2D eigenvalue weighted by molar-refractivity contribution is 0.0990. The number of rotatable bonds is 7. The molecule has 8 nitrogen and oxygen atoms in total. The van der Waals surface area contributed by atoms with E-state index in [1.54, 1.807) is 23.7 Å². The van der Waals surface area contributed by atoms with Crippen molar-refractivity contribution in [2.75, 3.05) is 23.3 Å². The van der Waals surface area contributed by atoms with Crippen LogP contribution in [0.3, 0.4) is 0 Å². The second-order valence-corrected chi connectivity index (χ2v) is 11.4. The zero-order chi connectivity index (χ0) is 27.6. The summed E-state index contributed by atoms with van der Waals surface area (Å²) in [4.78, 5) is 33.2. The first kappa shape index (κ1) is 25.9. The quantitative estimate of drug-likeness (QED) is 0.262. The van der Waals surface area contributed by atoms with Gasteiger partial charge in [-0.1, -0.05) is 0 Å². The van der Waals surface area contributed by atoms with E-state index in [4.69, 9.17) is 0 Å². The van der Waals surface area contributed by atoms with Crippen LogP contribution in [0.5, 0.6) is 0 Å². The van der Waals surface area contributed by atoms with Crippen LogP contribution in [0.4, 0.5) is 11.4 Å². The van der Waals surface area contributed by atoms with E-state index in [0.29, 0.717) is 23.2 Å². The number of aryl methyl sites for hydroxylation is 1. The molecule has 1 aliphatic rings. The zero-order valence-electron chi connectivity index (χ0n) is 22.1. The Morgan fingerprint density at radius 1 is 0.950 bits per heavy atom. The van der Waals surface area contributed by atoms with Crippen LogP contribution in [0.25, 0.3) is 16.6 Å². The Bertz CT molecular complexity index is 1670. The molecule has 2 aromatic heterocycles. The van der Waals surface area contributed by atoms with Gasteiger partial charge in [0.25, 0.3) is 5.91 Å². The number of aromatic nitrogens is 3. The van der Waals surface area contributed by atoms with Crippen molar-refractivity contribution in [3.05, 3.63) is 100 Å². The Labute approximate surface area is 235 Å². The Balaban J connectivity index is 1.12. The standard InChI is InChI=1S/C31H29N5O3S/c1-20-18-32-30(40-20)17-29(38)21-2-9-26(10-3-21)36-28-11-6-24(16-23(28)19-33-36)34-31(39)22-4-7-25(8-5-22)35-14-12-27(37)13-15-35/h2-11,16,18-19,27,37H,12-15,17H2,1H3,(H,34,39). The number of piperidine rings is 1. The molecule has 2 N–H and O–H groups in total. The van der Waals surface area contributed by atoms with Crippen LogP contribution >= 0.6 is 11.3 Å². The van der Waals surface area contributed by atoms with Gasteiger partial charge in [0, 0.05) is 52.1 Å². The fraction of sp³-hybridized carbons (Fsp3) is 0.226. The van der Waals surface area contributed by atoms with Crippen LogP contribution in [-0.4, -0.2) is 50.8 Å². The number of nitrogens with zero attached hydrogens (tertiary/aromatic N) is 4. The number of carbonyl (C=O) groups excluding carboxylic acids is 2. The van der Waals surface area contributed by atoms with E-state index >= 15 is 0 Å². The molecule has 1 saturated heterocycles. The molecule has 40 heavy (non-hydrogen) atoms. The summed E-state index contributed by atoms with van der Waals surface area (Å²) in [7, 11) is 0. The van der Waals surface area contributed by atoms with Crippen molar-refractivity contribution < 1.29 is 14.7 Å². The minimum atomic E-state index is -0.217. The smallest absolute Gasteiger partial charge is 0.255 e. The number of fused-ring (bicyclic) bond motifs is 1. The predicted molar refractivity (Wildman–Crippen MR) is 158 cm³/mol. The van der Waals surface area contributed by atoms with Crippen molar-refractivity contribution in [1.82, 2.24) is 14.8 Å². The number of aliphatic hydroxyl groups excluding tert-OH is 1. The summed E-state index contributed by atoms with van der Waals surface area (Å²) in [6.45, 7) is 3.61. The molecule has 0 spiro atoms. The number of hydrogen-bond donors (Lipinski definition) is 2. The van der Waals surface area contributed by atoms with Crippen molar-refractivity contribution in [3.8, 4) is 5.69 Å². The molecule has 1 aliphatic heterocycles. The van der Waals surface area contributed by atoms with Crippen LogP contribution < -0.4 is 10.2 Å². The number of nitrogens with one attached hydrogen (secondary N) is 1. The van der Waals surface area contributed by atoms with Gasteiger partial charge in [-0.15, -0.1) is 11.3 Å². The number of benzene rings is 3. The molecule has 9 heteroatoms. The van der Waals surface area contributed by atoms with Gasteiger partial charge in [0.15, 0.2) is 5.78 Å². The molecular weight excluding hydrogens is 522 g/mol. The van der Waals surface area contributed by atoms with Gasteiger partial charge >= 0.3 is 0 Å². The number of anilines is 2. The predicted octanol–water partition coefficient (Wildman–Crippen LogP) is 5.43. The van der Waals surface area contributed by atoms with Crippen molar-refractivity contribution in [2.24, 2.45) is 0 Å². The molecule has 202 valence electrons. The van der Waals surface area contributed by atoms with Crippen molar-refractivity contribution in [1.29, 1.82) is 0 Å². The number of Topliss-reactive ketones (excluding diaryl/α,β-unsaturated/α-hetero) is 1. The summed E-state index contributed by atoms with van der Waals surface area (Å²) < 4.78 is 1.82. The lowest BCUT2D eigenvalue weighted by Gasteiger charge is -2.31. The van der Waals surface area contributed by atoms with E-state index in [1.807, 2.05) is 78.3 Å². The maximum Gasteiger partial charge on any atom is 0.255 e. The number of ketones is 1. The second-order valence-electron chi connectivity index (χ2n) is 10.1. The molecule has 6 rings (SSSR count). The van der Waals surface area contributed by atoms with E-state index in [1.165, 1.54) is 0 Å². The van der Waals surface area contributed by atoms with Crippen LogP contribution in [-0.2, 0) is 6.42 Å². The second kappa shape index (κ2) is 11.0. The van der Waals surface area contributed by atoms with Crippen molar-refractivity contribution in [2.45, 2.75) is 32.3 Å². The van der Waals surface area contributed by atoms with Crippen LogP contribution in [0.2, 0.25) is 0 Å². The molecule has 3 aromatic carbocycles. The van der Waals surface area contributed by atoms with Crippen LogP contribution in [0, 0.1) is 6.92 Å². The SMILES string of the molecule is Cc1cnc(CC(=O)c2ccc(-n3ncc4cc(NC(=O)c5ccc(N6CCC(O)CC6)cc5)ccc43)cc2)s1. The van der Waals surface area contributed by atoms with Crippen molar-refractivity contribution >= 4 is 45.3 Å². The first-order chi connectivity index (χ1) is 19.4. The Kier molecular flexibility index (Phi) is 7.15. The first-order valence-electron chi connectivity index (χ1n) is 13.3. The van der Waals surface area contributed by atoms with E-state index < -0.39 is 0 Å². The lowest BCUT2D eigenvalue weighted by Crippen LogP contribution is -2.35. The molecule has 3 heterocycles. The number of carbonyl (C=O) groups is 2. The van der Waals surface area contributed by atoms with Crippen LogP contribution in [0.1, 0.15) is 43.4 Å². The summed E-state index contributed by atoms with van der Waals surface area (Å²) in [6.07, 6.45) is 5.16. The van der Waals surface area contributed by atoms with E-state index in [-0.39, 0.29) is 17.8 Å². The lowest BCUT2D eigenvalue weighted by atomic mass is 10.1. The zero-order valence-corrected chi connectivity index (χ0v) is 22.9. The van der Waals surface area contributed by atoms with Crippen molar-refractivity contribution in [3.63, 3.8) is 0 Å². The normalized spacial score (nSPS) is 14.0. The third kappa shape index (κ3) is 5.52. The topological polar surface area (TPSA) is 100 Å². The number of aliphatic hydroxyl groups is 1. The highest BCUT2D eigenvalue weighted by molar-refractivity contribution is 7.11. The number of hydrogen-bond acceptors (Lipinski definition) is 7. The van der Waals surface area contributed by atoms with Gasteiger partial charge in [0.1, 0.15) is 5.01 Å². The van der Waals surface area contributed by atoms with Crippen LogP contribution in [0.15, 0.2) is 79.1 Å². The summed E-state index contributed by atoms with van der Waals surface area (Å²) in [6, 6.07) is 20.7. The summed E-state index contributed by atoms with van der Waals surface area (Å²) >= 11 is 1.54. The fourth-order valence-corrected chi connectivity index (χ4v) is 5.76. The monoisotopic (exact) mass is 551 g/mol. The third-order valence-corrected chi connectivity index (χ3v) is 8.11. The van der Waals surface area contributed by atoms with Gasteiger partial charge < -0.3 is 15.3 Å². The average molecular weight is 552 g/mol. The summed E-state index contributed by atoms with van der Waals surface area (Å²) in [5, 5.41) is 19.0. The first-order valence-corrected chi connectivity index (χ1v) is 14.1. The summed E-state index contributed by atoms with van der Waals surface area (Å²) in [5.41, 5.74) is 4.70. The molecule has 0 saturated carbocycles. The maximum absolute atomic E-state index is 12.9. The molecule has 0 radical (unpaired) electrons. The van der Waals surface area contributed by atoms with Gasteiger partial charge in [-0.2, -0.15) is 5.10 Å². The molecule has 1 amide bonds. The Morgan fingerprint density at radius 3 is 2.35 bits per heavy atom. The molecule has 0 atom stereocenters. The Morgan fingerprint density at radius 2 is 1.65 bits per heavy atom. The molecule has 0 unspecified atom stereocenters. The molecular formula is C31H29N5O3S. The molecule has 1 fully saturated rings. The van der Waals surface area contributed by atoms with Gasteiger partial charge in [0.2, 0.25) is 0 Å². The van der Waals surface area contributed by atoms with Gasteiger partial charge in [-0.3, -0.25) is 9.59 Å². The van der Waals surface area contributed by atoms with E-state index in [2.05, 4.69) is 20.3 Å². The van der Waals surface area contributed by atoms with E-state index in [0.717, 1.165) is 58.1 Å². The molecule has 5 aromatic rings. The molecule has 0 aliphatic carbocycles. The van der Waals surface area contributed by atoms with Gasteiger partial charge in [-0.05, 0) is 86.5 Å². The highest BCUT2D eigenvalue weighted by Crippen LogP contribution is 2.24. The summed E-state index contributed by atoms with van der Waals surface area (Å²) in [5.74, 6) is -0.145. The third-order valence-electron chi connectivity index (χ3n) is 7.20. The largest absolute Gasteiger partial charge is 0.393 e. The minimum Gasteiger partial charge on any atom is -0.393 e. The molecule has 0 bridgehead atoms. The van der Waals surface area contributed by atoms with Gasteiger partial charge in [0.05, 0.1) is 29.9 Å². The highest BCUT2D eigenvalue weighted by Gasteiger charge is 2.18. The highest BCUT2D eigenvalue weighted by atomic mass is 32.1. The number of amides is 1. The maximum atomic E-state index is 12.9. The van der Waals surface area contributed by atoms with E-state index in [9.17, 15) is 14.7 Å². The Hall–Kier alpha value is -4.34.